The molecule has 0 heterocycles. The van der Waals surface area contributed by atoms with Gasteiger partial charge in [0.2, 0.25) is 0 Å². The molecule has 0 bridgehead atoms. The summed E-state index contributed by atoms with van der Waals surface area (Å²) in [6, 6.07) is 0.522. The second kappa shape index (κ2) is 7.32. The Morgan fingerprint density at radius 3 is 2.75 bits per heavy atom. The Kier molecular flexibility index (Phi) is 7.11. The Hall–Kier alpha value is -0.340. The minimum atomic E-state index is 0.522. The average Bonchev–Trinajstić information content (AvgIpc) is 2.10. The Morgan fingerprint density at radius 2 is 2.25 bits per heavy atom. The average molecular weight is 171 g/mol. The highest BCUT2D eigenvalue weighted by Gasteiger charge is 1.99. The lowest BCUT2D eigenvalue weighted by Gasteiger charge is -2.13. The highest BCUT2D eigenvalue weighted by Crippen LogP contribution is 1.96. The van der Waals surface area contributed by atoms with Crippen LogP contribution in [0, 0.1) is 0 Å². The van der Waals surface area contributed by atoms with E-state index in [1.165, 1.54) is 5.57 Å². The lowest BCUT2D eigenvalue weighted by atomic mass is 10.2. The molecule has 72 valence electrons. The van der Waals surface area contributed by atoms with Crippen molar-refractivity contribution in [2.24, 2.45) is 0 Å². The number of ether oxygens (including phenoxy) is 1. The first-order valence-electron chi connectivity index (χ1n) is 4.59. The molecule has 0 aromatic rings. The molecule has 1 unspecified atom stereocenters. The summed E-state index contributed by atoms with van der Waals surface area (Å²) < 4.78 is 4.98. The van der Waals surface area contributed by atoms with Gasteiger partial charge in [0.15, 0.2) is 0 Å². The summed E-state index contributed by atoms with van der Waals surface area (Å²) in [7, 11) is 1.73. The fourth-order valence-electron chi connectivity index (χ4n) is 0.840. The highest BCUT2D eigenvalue weighted by molar-refractivity contribution is 4.95. The molecule has 0 saturated heterocycles. The Labute approximate surface area is 76.0 Å². The van der Waals surface area contributed by atoms with Crippen molar-refractivity contribution in [3.63, 3.8) is 0 Å². The predicted molar refractivity (Wildman–Crippen MR) is 53.4 cm³/mol. The third kappa shape index (κ3) is 6.38. The standard InChI is InChI=1S/C10H21NO/c1-5-9(2)8-11-10(3)6-7-12-4/h10-11H,2,5-8H2,1,3-4H3. The normalized spacial score (nSPS) is 12.9. The monoisotopic (exact) mass is 171 g/mol. The topological polar surface area (TPSA) is 21.3 Å². The van der Waals surface area contributed by atoms with E-state index >= 15 is 0 Å². The third-order valence-corrected chi connectivity index (χ3v) is 1.96. The number of hydrogen-bond acceptors (Lipinski definition) is 2. The van der Waals surface area contributed by atoms with Gasteiger partial charge >= 0.3 is 0 Å². The second-order valence-electron chi connectivity index (χ2n) is 3.17. The van der Waals surface area contributed by atoms with Gasteiger partial charge in [-0.1, -0.05) is 19.1 Å². The summed E-state index contributed by atoms with van der Waals surface area (Å²) in [5.41, 5.74) is 1.26. The lowest BCUT2D eigenvalue weighted by molar-refractivity contribution is 0.185. The zero-order chi connectivity index (χ0) is 9.40. The van der Waals surface area contributed by atoms with Crippen LogP contribution in [0.4, 0.5) is 0 Å². The van der Waals surface area contributed by atoms with Crippen LogP contribution >= 0.6 is 0 Å². The van der Waals surface area contributed by atoms with Crippen molar-refractivity contribution in [1.29, 1.82) is 0 Å². The molecule has 0 radical (unpaired) electrons. The largest absolute Gasteiger partial charge is 0.385 e. The van der Waals surface area contributed by atoms with Crippen LogP contribution in [0.25, 0.3) is 0 Å². The van der Waals surface area contributed by atoms with Gasteiger partial charge in [0, 0.05) is 26.3 Å². The third-order valence-electron chi connectivity index (χ3n) is 1.96. The molecule has 0 aromatic carbocycles. The molecular weight excluding hydrogens is 150 g/mol. The van der Waals surface area contributed by atoms with Crippen LogP contribution in [0.3, 0.4) is 0 Å². The molecule has 0 aliphatic carbocycles. The Bertz CT molecular complexity index is 123. The van der Waals surface area contributed by atoms with E-state index in [-0.39, 0.29) is 0 Å². The van der Waals surface area contributed by atoms with Crippen LogP contribution in [-0.2, 0) is 4.74 Å². The molecule has 0 fully saturated rings. The van der Waals surface area contributed by atoms with Crippen molar-refractivity contribution in [2.75, 3.05) is 20.3 Å². The summed E-state index contributed by atoms with van der Waals surface area (Å²) in [4.78, 5) is 0. The molecular formula is C10H21NO. The van der Waals surface area contributed by atoms with Gasteiger partial charge in [-0.05, 0) is 19.8 Å². The quantitative estimate of drug-likeness (QED) is 0.591. The molecule has 2 nitrogen and oxygen atoms in total. The molecule has 0 saturated carbocycles. The maximum atomic E-state index is 4.98. The first kappa shape index (κ1) is 11.7. The van der Waals surface area contributed by atoms with Gasteiger partial charge in [-0.25, -0.2) is 0 Å². The van der Waals surface area contributed by atoms with Gasteiger partial charge in [0.05, 0.1) is 0 Å². The lowest BCUT2D eigenvalue weighted by Crippen LogP contribution is -2.28. The summed E-state index contributed by atoms with van der Waals surface area (Å²) in [6.45, 7) is 9.99. The van der Waals surface area contributed by atoms with Gasteiger partial charge in [-0.2, -0.15) is 0 Å². The number of hydrogen-bond donors (Lipinski definition) is 1. The van der Waals surface area contributed by atoms with Gasteiger partial charge in [0.1, 0.15) is 0 Å². The van der Waals surface area contributed by atoms with Gasteiger partial charge in [0.25, 0.3) is 0 Å². The van der Waals surface area contributed by atoms with Crippen molar-refractivity contribution in [1.82, 2.24) is 5.32 Å². The summed E-state index contributed by atoms with van der Waals surface area (Å²) in [6.07, 6.45) is 2.12. The van der Waals surface area contributed by atoms with Crippen LogP contribution < -0.4 is 5.32 Å². The Balaban J connectivity index is 3.30. The fraction of sp³-hybridized carbons (Fsp3) is 0.800. The maximum Gasteiger partial charge on any atom is 0.0476 e. The van der Waals surface area contributed by atoms with Crippen LogP contribution in [0.15, 0.2) is 12.2 Å². The molecule has 1 N–H and O–H groups in total. The van der Waals surface area contributed by atoms with E-state index in [0.717, 1.165) is 26.0 Å². The molecule has 2 heteroatoms. The van der Waals surface area contributed by atoms with E-state index in [1.54, 1.807) is 7.11 Å². The van der Waals surface area contributed by atoms with E-state index < -0.39 is 0 Å². The summed E-state index contributed by atoms with van der Waals surface area (Å²) in [5.74, 6) is 0. The summed E-state index contributed by atoms with van der Waals surface area (Å²) in [5, 5.41) is 3.39. The second-order valence-corrected chi connectivity index (χ2v) is 3.17. The first-order chi connectivity index (χ1) is 5.70. The zero-order valence-electron chi connectivity index (χ0n) is 8.52. The molecule has 0 aliphatic heterocycles. The molecule has 0 spiro atoms. The molecule has 0 amide bonds. The van der Waals surface area contributed by atoms with Crippen molar-refractivity contribution < 1.29 is 4.74 Å². The summed E-state index contributed by atoms with van der Waals surface area (Å²) >= 11 is 0. The predicted octanol–water partition coefficient (Wildman–Crippen LogP) is 1.97. The van der Waals surface area contributed by atoms with Crippen molar-refractivity contribution >= 4 is 0 Å². The number of nitrogens with one attached hydrogen (secondary N) is 1. The van der Waals surface area contributed by atoms with Crippen LogP contribution in [0.2, 0.25) is 0 Å². The number of methoxy groups -OCH3 is 1. The molecule has 12 heavy (non-hydrogen) atoms. The fourth-order valence-corrected chi connectivity index (χ4v) is 0.840. The van der Waals surface area contributed by atoms with Gasteiger partial charge in [-0.15, -0.1) is 0 Å². The number of rotatable bonds is 7. The molecule has 1 atom stereocenters. The van der Waals surface area contributed by atoms with Gasteiger partial charge < -0.3 is 10.1 Å². The first-order valence-corrected chi connectivity index (χ1v) is 4.59. The highest BCUT2D eigenvalue weighted by atomic mass is 16.5. The van der Waals surface area contributed by atoms with E-state index in [1.807, 2.05) is 0 Å². The molecule has 0 aromatic heterocycles. The minimum Gasteiger partial charge on any atom is -0.385 e. The SMILES string of the molecule is C=C(CC)CNC(C)CCOC. The molecule has 0 rings (SSSR count). The smallest absolute Gasteiger partial charge is 0.0476 e. The van der Waals surface area contributed by atoms with Crippen LogP contribution in [0.5, 0.6) is 0 Å². The zero-order valence-corrected chi connectivity index (χ0v) is 8.52. The van der Waals surface area contributed by atoms with E-state index in [0.29, 0.717) is 6.04 Å². The van der Waals surface area contributed by atoms with E-state index in [2.05, 4.69) is 25.7 Å². The van der Waals surface area contributed by atoms with Crippen molar-refractivity contribution in [3.05, 3.63) is 12.2 Å². The van der Waals surface area contributed by atoms with E-state index in [9.17, 15) is 0 Å². The molecule has 0 aliphatic rings. The van der Waals surface area contributed by atoms with Gasteiger partial charge in [-0.3, -0.25) is 0 Å². The van der Waals surface area contributed by atoms with Crippen molar-refractivity contribution in [3.8, 4) is 0 Å². The van der Waals surface area contributed by atoms with E-state index in [4.69, 9.17) is 4.74 Å². The Morgan fingerprint density at radius 1 is 1.58 bits per heavy atom. The van der Waals surface area contributed by atoms with Crippen molar-refractivity contribution in [2.45, 2.75) is 32.7 Å². The van der Waals surface area contributed by atoms with Crippen LogP contribution in [-0.4, -0.2) is 26.3 Å². The maximum absolute atomic E-state index is 4.98. The van der Waals surface area contributed by atoms with Crippen LogP contribution in [0.1, 0.15) is 26.7 Å². The minimum absolute atomic E-state index is 0.522.